The summed E-state index contributed by atoms with van der Waals surface area (Å²) < 4.78 is 10.7. The molecule has 1 aromatic heterocycles. The molecule has 1 aliphatic rings. The van der Waals surface area contributed by atoms with Crippen molar-refractivity contribution in [2.24, 2.45) is 4.99 Å². The van der Waals surface area contributed by atoms with E-state index in [-0.39, 0.29) is 6.04 Å². The number of nitrogens with zero attached hydrogens (tertiary/aromatic N) is 2. The first-order chi connectivity index (χ1) is 15.1. The van der Waals surface area contributed by atoms with E-state index in [4.69, 9.17) is 14.5 Å². The fraction of sp³-hybridized carbons (Fsp3) is 0.522. The van der Waals surface area contributed by atoms with Crippen LogP contribution in [-0.2, 0) is 4.74 Å². The Morgan fingerprint density at radius 1 is 1.19 bits per heavy atom. The molecular weight excluding hydrogens is 412 g/mol. The van der Waals surface area contributed by atoms with Crippen molar-refractivity contribution < 1.29 is 14.6 Å². The van der Waals surface area contributed by atoms with Gasteiger partial charge in [0, 0.05) is 35.9 Å². The predicted molar refractivity (Wildman–Crippen MR) is 126 cm³/mol. The lowest BCUT2D eigenvalue weighted by Gasteiger charge is -2.33. The molecule has 0 saturated carbocycles. The molecule has 1 aromatic carbocycles. The largest absolute Gasteiger partial charge is 0.497 e. The lowest BCUT2D eigenvalue weighted by Crippen LogP contribution is -2.42. The Kier molecular flexibility index (Phi) is 9.14. The minimum absolute atomic E-state index is 0.226. The second-order valence-electron chi connectivity index (χ2n) is 7.50. The number of rotatable bonds is 9. The van der Waals surface area contributed by atoms with Gasteiger partial charge in [-0.05, 0) is 43.7 Å². The number of nitrogens with one attached hydrogen (secondary N) is 2. The first-order valence-corrected chi connectivity index (χ1v) is 11.6. The number of ether oxygens (including phenoxy) is 2. The van der Waals surface area contributed by atoms with Gasteiger partial charge in [0.05, 0.1) is 39.0 Å². The van der Waals surface area contributed by atoms with Gasteiger partial charge < -0.3 is 25.2 Å². The van der Waals surface area contributed by atoms with E-state index in [9.17, 15) is 5.11 Å². The van der Waals surface area contributed by atoms with Crippen LogP contribution in [0, 0.1) is 6.92 Å². The molecule has 1 fully saturated rings. The molecule has 0 spiro atoms. The van der Waals surface area contributed by atoms with Crippen LogP contribution in [0.25, 0.3) is 0 Å². The van der Waals surface area contributed by atoms with E-state index >= 15 is 0 Å². The van der Waals surface area contributed by atoms with Crippen LogP contribution in [0.3, 0.4) is 0 Å². The summed E-state index contributed by atoms with van der Waals surface area (Å²) in [6, 6.07) is 12.1. The second kappa shape index (κ2) is 12.0. The molecule has 0 bridgehead atoms. The summed E-state index contributed by atoms with van der Waals surface area (Å²) in [6.07, 6.45) is -0.634. The zero-order chi connectivity index (χ0) is 22.1. The van der Waals surface area contributed by atoms with E-state index in [0.29, 0.717) is 19.0 Å². The lowest BCUT2D eigenvalue weighted by molar-refractivity contribution is 0.0186. The first-order valence-electron chi connectivity index (χ1n) is 10.8. The van der Waals surface area contributed by atoms with E-state index in [1.165, 1.54) is 9.75 Å². The van der Waals surface area contributed by atoms with E-state index in [1.54, 1.807) is 7.11 Å². The van der Waals surface area contributed by atoms with Gasteiger partial charge in [0.15, 0.2) is 5.96 Å². The van der Waals surface area contributed by atoms with Gasteiger partial charge in [-0.1, -0.05) is 12.1 Å². The average Bonchev–Trinajstić information content (AvgIpc) is 3.24. The number of aliphatic imine (C=N–C) groups is 1. The number of aryl methyl sites for hydroxylation is 1. The third-order valence-electron chi connectivity index (χ3n) is 5.31. The highest BCUT2D eigenvalue weighted by molar-refractivity contribution is 7.12. The number of morpholine rings is 1. The number of benzene rings is 1. The summed E-state index contributed by atoms with van der Waals surface area (Å²) in [6.45, 7) is 9.30. The van der Waals surface area contributed by atoms with Crippen LogP contribution in [0.2, 0.25) is 0 Å². The normalized spacial score (nSPS) is 17.2. The molecule has 2 atom stereocenters. The molecule has 0 radical (unpaired) electrons. The highest BCUT2D eigenvalue weighted by Crippen LogP contribution is 2.28. The van der Waals surface area contributed by atoms with Crippen molar-refractivity contribution in [1.29, 1.82) is 0 Å². The summed E-state index contributed by atoms with van der Waals surface area (Å²) in [5, 5.41) is 17.1. The van der Waals surface area contributed by atoms with Crippen LogP contribution in [0.5, 0.6) is 5.75 Å². The number of hydrogen-bond donors (Lipinski definition) is 3. The molecule has 7 nitrogen and oxygen atoms in total. The van der Waals surface area contributed by atoms with Gasteiger partial charge in [-0.15, -0.1) is 11.3 Å². The molecule has 0 aliphatic carbocycles. The standard InChI is InChI=1S/C23H34N4O3S/c1-4-24-23(26-16-21(28)18-6-8-19(29-3)9-7-18)25-15-20(22-10-5-17(2)31-22)27-11-13-30-14-12-27/h5-10,20-21,28H,4,11-16H2,1-3H3,(H2,24,25,26). The summed E-state index contributed by atoms with van der Waals surface area (Å²) in [7, 11) is 1.63. The van der Waals surface area contributed by atoms with Crippen molar-refractivity contribution >= 4 is 17.3 Å². The third kappa shape index (κ3) is 6.93. The van der Waals surface area contributed by atoms with E-state index < -0.39 is 6.10 Å². The summed E-state index contributed by atoms with van der Waals surface area (Å²) >= 11 is 1.83. The van der Waals surface area contributed by atoms with Crippen molar-refractivity contribution in [3.05, 3.63) is 51.7 Å². The Hall–Kier alpha value is -2.13. The zero-order valence-electron chi connectivity index (χ0n) is 18.6. The maximum atomic E-state index is 10.6. The molecule has 31 heavy (non-hydrogen) atoms. The molecule has 0 amide bonds. The molecule has 2 unspecified atom stereocenters. The molecule has 170 valence electrons. The quantitative estimate of drug-likeness (QED) is 0.406. The Labute approximate surface area is 189 Å². The fourth-order valence-electron chi connectivity index (χ4n) is 3.56. The van der Waals surface area contributed by atoms with Crippen LogP contribution in [0.4, 0.5) is 0 Å². The van der Waals surface area contributed by atoms with Crippen molar-refractivity contribution in [3.8, 4) is 5.75 Å². The SMILES string of the molecule is CCNC(=NCC(c1ccc(C)s1)N1CCOCC1)NCC(O)c1ccc(OC)cc1. The molecular formula is C23H34N4O3S. The number of thiophene rings is 1. The van der Waals surface area contributed by atoms with Gasteiger partial charge in [-0.3, -0.25) is 9.89 Å². The minimum atomic E-state index is -0.634. The Bertz CT molecular complexity index is 818. The summed E-state index contributed by atoms with van der Waals surface area (Å²) in [5.74, 6) is 1.48. The molecule has 2 aromatic rings. The smallest absolute Gasteiger partial charge is 0.191 e. The van der Waals surface area contributed by atoms with E-state index in [0.717, 1.165) is 44.2 Å². The Morgan fingerprint density at radius 2 is 1.94 bits per heavy atom. The van der Waals surface area contributed by atoms with Gasteiger partial charge >= 0.3 is 0 Å². The van der Waals surface area contributed by atoms with Crippen LogP contribution in [0.1, 0.15) is 34.4 Å². The van der Waals surface area contributed by atoms with Crippen molar-refractivity contribution in [2.75, 3.05) is 53.0 Å². The molecule has 3 N–H and O–H groups in total. The number of hydrogen-bond acceptors (Lipinski definition) is 6. The van der Waals surface area contributed by atoms with E-state index in [2.05, 4.69) is 34.6 Å². The van der Waals surface area contributed by atoms with Crippen LogP contribution in [-0.4, -0.2) is 69.0 Å². The van der Waals surface area contributed by atoms with Crippen molar-refractivity contribution in [1.82, 2.24) is 15.5 Å². The van der Waals surface area contributed by atoms with Crippen molar-refractivity contribution in [2.45, 2.75) is 26.0 Å². The summed E-state index contributed by atoms with van der Waals surface area (Å²) in [4.78, 5) is 9.95. The first kappa shape index (κ1) is 23.5. The predicted octanol–water partition coefficient (Wildman–Crippen LogP) is 2.73. The number of guanidine groups is 1. The molecule has 8 heteroatoms. The second-order valence-corrected chi connectivity index (χ2v) is 8.82. The van der Waals surface area contributed by atoms with Crippen LogP contribution < -0.4 is 15.4 Å². The molecule has 3 rings (SSSR count). The number of aliphatic hydroxyl groups is 1. The Balaban J connectivity index is 1.65. The molecule has 1 saturated heterocycles. The maximum Gasteiger partial charge on any atom is 0.191 e. The third-order valence-corrected chi connectivity index (χ3v) is 6.41. The topological polar surface area (TPSA) is 78.4 Å². The number of methoxy groups -OCH3 is 1. The van der Waals surface area contributed by atoms with Gasteiger partial charge in [-0.25, -0.2) is 0 Å². The average molecular weight is 447 g/mol. The highest BCUT2D eigenvalue weighted by atomic mass is 32.1. The fourth-order valence-corrected chi connectivity index (χ4v) is 4.57. The zero-order valence-corrected chi connectivity index (χ0v) is 19.5. The van der Waals surface area contributed by atoms with Gasteiger partial charge in [0.1, 0.15) is 5.75 Å². The highest BCUT2D eigenvalue weighted by Gasteiger charge is 2.24. The van der Waals surface area contributed by atoms with Gasteiger partial charge in [0.2, 0.25) is 0 Å². The van der Waals surface area contributed by atoms with Crippen LogP contribution >= 0.6 is 11.3 Å². The molecule has 1 aliphatic heterocycles. The van der Waals surface area contributed by atoms with Gasteiger partial charge in [0.25, 0.3) is 0 Å². The molecule has 2 heterocycles. The van der Waals surface area contributed by atoms with Crippen molar-refractivity contribution in [3.63, 3.8) is 0 Å². The summed E-state index contributed by atoms with van der Waals surface area (Å²) in [5.41, 5.74) is 0.837. The Morgan fingerprint density at radius 3 is 2.55 bits per heavy atom. The monoisotopic (exact) mass is 446 g/mol. The lowest BCUT2D eigenvalue weighted by atomic mass is 10.1. The van der Waals surface area contributed by atoms with Crippen LogP contribution in [0.15, 0.2) is 41.4 Å². The maximum absolute atomic E-state index is 10.6. The minimum Gasteiger partial charge on any atom is -0.497 e. The van der Waals surface area contributed by atoms with E-state index in [1.807, 2.05) is 42.5 Å². The van der Waals surface area contributed by atoms with Gasteiger partial charge in [-0.2, -0.15) is 0 Å². The number of aliphatic hydroxyl groups excluding tert-OH is 1.